The fraction of sp³-hybridized carbons (Fsp3) is 0.188. The molecule has 1 N–H and O–H groups in total. The molecule has 5 nitrogen and oxygen atoms in total. The summed E-state index contributed by atoms with van der Waals surface area (Å²) >= 11 is 1.56. The molecule has 0 bridgehead atoms. The van der Waals surface area contributed by atoms with E-state index in [2.05, 4.69) is 15.5 Å². The van der Waals surface area contributed by atoms with E-state index in [-0.39, 0.29) is 5.91 Å². The van der Waals surface area contributed by atoms with Crippen LogP contribution in [0.2, 0.25) is 0 Å². The van der Waals surface area contributed by atoms with E-state index in [1.54, 1.807) is 24.8 Å². The van der Waals surface area contributed by atoms with Crippen molar-refractivity contribution in [2.75, 3.05) is 11.1 Å². The second kappa shape index (κ2) is 6.62. The van der Waals surface area contributed by atoms with Crippen LogP contribution in [-0.4, -0.2) is 21.8 Å². The molecule has 0 atom stereocenters. The smallest absolute Gasteiger partial charge is 0.226 e. The van der Waals surface area contributed by atoms with Gasteiger partial charge in [-0.25, -0.2) is 4.98 Å². The third-order valence-corrected chi connectivity index (χ3v) is 3.98. The Bertz CT molecular complexity index is 801. The van der Waals surface area contributed by atoms with Gasteiger partial charge in [0, 0.05) is 23.6 Å². The third kappa shape index (κ3) is 3.65. The van der Waals surface area contributed by atoms with E-state index in [4.69, 9.17) is 4.52 Å². The van der Waals surface area contributed by atoms with Gasteiger partial charge in [0.05, 0.1) is 10.5 Å². The molecule has 2 aromatic heterocycles. The van der Waals surface area contributed by atoms with Crippen LogP contribution in [0.3, 0.4) is 0 Å². The summed E-state index contributed by atoms with van der Waals surface area (Å²) in [4.78, 5) is 16.4. The van der Waals surface area contributed by atoms with Crippen molar-refractivity contribution in [2.24, 2.45) is 0 Å². The predicted octanol–water partition coefficient (Wildman–Crippen LogP) is 3.65. The Labute approximate surface area is 132 Å². The number of carbonyl (C=O) groups is 1. The zero-order valence-electron chi connectivity index (χ0n) is 12.1. The van der Waals surface area contributed by atoms with Crippen molar-refractivity contribution in [3.05, 3.63) is 48.2 Å². The van der Waals surface area contributed by atoms with Gasteiger partial charge < -0.3 is 9.84 Å². The zero-order valence-corrected chi connectivity index (χ0v) is 12.9. The van der Waals surface area contributed by atoms with Crippen molar-refractivity contribution in [1.29, 1.82) is 0 Å². The molecule has 0 spiro atoms. The quantitative estimate of drug-likeness (QED) is 0.728. The summed E-state index contributed by atoms with van der Waals surface area (Å²) in [7, 11) is 0. The summed E-state index contributed by atoms with van der Waals surface area (Å²) in [6.45, 7) is 1.78. The van der Waals surface area contributed by atoms with Crippen LogP contribution in [-0.2, 0) is 4.79 Å². The Balaban J connectivity index is 1.52. The number of rotatable bonds is 5. The van der Waals surface area contributed by atoms with Crippen LogP contribution in [0.15, 0.2) is 52.0 Å². The summed E-state index contributed by atoms with van der Waals surface area (Å²) in [6.07, 6.45) is 0.394. The molecule has 6 heteroatoms. The molecule has 2 heterocycles. The first-order chi connectivity index (χ1) is 10.7. The van der Waals surface area contributed by atoms with Crippen molar-refractivity contribution in [2.45, 2.75) is 18.4 Å². The lowest BCUT2D eigenvalue weighted by Crippen LogP contribution is -2.12. The zero-order chi connectivity index (χ0) is 15.4. The molecule has 0 aliphatic carbocycles. The normalized spacial score (nSPS) is 10.8. The summed E-state index contributed by atoms with van der Waals surface area (Å²) in [5, 5.41) is 8.47. The molecular formula is C16H15N3O2S. The molecule has 22 heavy (non-hydrogen) atoms. The van der Waals surface area contributed by atoms with Crippen molar-refractivity contribution in [3.8, 4) is 0 Å². The maximum absolute atomic E-state index is 11.8. The van der Waals surface area contributed by atoms with E-state index in [1.807, 2.05) is 36.4 Å². The van der Waals surface area contributed by atoms with E-state index in [0.29, 0.717) is 23.8 Å². The predicted molar refractivity (Wildman–Crippen MR) is 87.0 cm³/mol. The minimum Gasteiger partial charge on any atom is -0.360 e. The fourth-order valence-corrected chi connectivity index (χ4v) is 2.83. The Morgan fingerprint density at radius 1 is 1.27 bits per heavy atom. The highest BCUT2D eigenvalue weighted by Gasteiger charge is 2.07. The van der Waals surface area contributed by atoms with Crippen molar-refractivity contribution in [1.82, 2.24) is 10.1 Å². The van der Waals surface area contributed by atoms with Crippen LogP contribution in [0.25, 0.3) is 10.9 Å². The van der Waals surface area contributed by atoms with Gasteiger partial charge in [-0.1, -0.05) is 29.4 Å². The third-order valence-electron chi connectivity index (χ3n) is 3.05. The summed E-state index contributed by atoms with van der Waals surface area (Å²) in [5.41, 5.74) is 0.968. The van der Waals surface area contributed by atoms with Gasteiger partial charge in [0.25, 0.3) is 0 Å². The molecule has 0 aliphatic heterocycles. The maximum atomic E-state index is 11.8. The Kier molecular flexibility index (Phi) is 4.39. The molecule has 1 aromatic carbocycles. The van der Waals surface area contributed by atoms with Gasteiger partial charge in [-0.05, 0) is 19.1 Å². The van der Waals surface area contributed by atoms with E-state index in [9.17, 15) is 4.79 Å². The fourth-order valence-electron chi connectivity index (χ4n) is 2.01. The first-order valence-electron chi connectivity index (χ1n) is 6.92. The van der Waals surface area contributed by atoms with Gasteiger partial charge in [-0.2, -0.15) is 0 Å². The topological polar surface area (TPSA) is 68.0 Å². The minimum atomic E-state index is -0.0819. The molecule has 1 amide bonds. The van der Waals surface area contributed by atoms with Crippen molar-refractivity contribution in [3.63, 3.8) is 0 Å². The maximum Gasteiger partial charge on any atom is 0.226 e. The van der Waals surface area contributed by atoms with Crippen LogP contribution in [0, 0.1) is 6.92 Å². The highest BCUT2D eigenvalue weighted by atomic mass is 32.2. The van der Waals surface area contributed by atoms with Crippen molar-refractivity contribution < 1.29 is 9.32 Å². The SMILES string of the molecule is Cc1cc(NC(=O)CCSc2ccc3ccccc3n2)no1. The highest BCUT2D eigenvalue weighted by molar-refractivity contribution is 7.99. The monoisotopic (exact) mass is 313 g/mol. The van der Waals surface area contributed by atoms with Crippen LogP contribution >= 0.6 is 11.8 Å². The second-order valence-corrected chi connectivity index (χ2v) is 5.93. The number of hydrogen-bond donors (Lipinski definition) is 1. The first kappa shape index (κ1) is 14.6. The molecule has 0 fully saturated rings. The molecule has 0 saturated heterocycles. The van der Waals surface area contributed by atoms with Crippen LogP contribution in [0.5, 0.6) is 0 Å². The molecule has 3 rings (SSSR count). The number of nitrogens with one attached hydrogen (secondary N) is 1. The number of fused-ring (bicyclic) bond motifs is 1. The summed E-state index contributed by atoms with van der Waals surface area (Å²) < 4.78 is 4.90. The van der Waals surface area contributed by atoms with E-state index in [1.165, 1.54) is 0 Å². The van der Waals surface area contributed by atoms with Gasteiger partial charge in [0.1, 0.15) is 5.76 Å². The lowest BCUT2D eigenvalue weighted by Gasteiger charge is -2.03. The average molecular weight is 313 g/mol. The van der Waals surface area contributed by atoms with Gasteiger partial charge in [0.2, 0.25) is 5.91 Å². The first-order valence-corrected chi connectivity index (χ1v) is 7.91. The Morgan fingerprint density at radius 3 is 2.95 bits per heavy atom. The van der Waals surface area contributed by atoms with E-state index in [0.717, 1.165) is 15.9 Å². The molecule has 0 saturated carbocycles. The number of anilines is 1. The standard InChI is InChI=1S/C16H15N3O2S/c1-11-10-14(19-21-11)18-15(20)8-9-22-16-7-6-12-4-2-3-5-13(12)17-16/h2-7,10H,8-9H2,1H3,(H,18,19,20). The van der Waals surface area contributed by atoms with E-state index < -0.39 is 0 Å². The van der Waals surface area contributed by atoms with Gasteiger partial charge in [-0.15, -0.1) is 11.8 Å². The van der Waals surface area contributed by atoms with Crippen LogP contribution in [0.1, 0.15) is 12.2 Å². The number of aromatic nitrogens is 2. The largest absolute Gasteiger partial charge is 0.360 e. The molecule has 3 aromatic rings. The molecule has 0 aliphatic rings. The molecule has 0 radical (unpaired) electrons. The van der Waals surface area contributed by atoms with Crippen LogP contribution in [0.4, 0.5) is 5.82 Å². The van der Waals surface area contributed by atoms with Gasteiger partial charge in [0.15, 0.2) is 5.82 Å². The number of amides is 1. The number of thioether (sulfide) groups is 1. The molecule has 0 unspecified atom stereocenters. The number of nitrogens with zero attached hydrogens (tertiary/aromatic N) is 2. The Morgan fingerprint density at radius 2 is 2.14 bits per heavy atom. The number of aryl methyl sites for hydroxylation is 1. The number of hydrogen-bond acceptors (Lipinski definition) is 5. The minimum absolute atomic E-state index is 0.0819. The second-order valence-electron chi connectivity index (χ2n) is 4.81. The summed E-state index contributed by atoms with van der Waals surface area (Å²) in [6, 6.07) is 13.7. The lowest BCUT2D eigenvalue weighted by atomic mass is 10.2. The average Bonchev–Trinajstić information content (AvgIpc) is 2.92. The summed E-state index contributed by atoms with van der Waals surface area (Å²) in [5.74, 6) is 1.71. The lowest BCUT2D eigenvalue weighted by molar-refractivity contribution is -0.115. The number of para-hydroxylation sites is 1. The Hall–Kier alpha value is -2.34. The number of benzene rings is 1. The van der Waals surface area contributed by atoms with E-state index >= 15 is 0 Å². The molecule has 112 valence electrons. The number of pyridine rings is 1. The highest BCUT2D eigenvalue weighted by Crippen LogP contribution is 2.20. The van der Waals surface area contributed by atoms with Gasteiger partial charge >= 0.3 is 0 Å². The van der Waals surface area contributed by atoms with Gasteiger partial charge in [-0.3, -0.25) is 4.79 Å². The molecular weight excluding hydrogens is 298 g/mol. The van der Waals surface area contributed by atoms with Crippen LogP contribution < -0.4 is 5.32 Å². The number of carbonyl (C=O) groups excluding carboxylic acids is 1. The van der Waals surface area contributed by atoms with Crippen molar-refractivity contribution >= 4 is 34.4 Å².